The van der Waals surface area contributed by atoms with Gasteiger partial charge in [-0.1, -0.05) is 28.9 Å². The Kier molecular flexibility index (Phi) is 1.80. The van der Waals surface area contributed by atoms with Crippen molar-refractivity contribution >= 4 is 11.6 Å². The van der Waals surface area contributed by atoms with E-state index in [2.05, 4.69) is 14.9 Å². The molecule has 0 atom stereocenters. The third kappa shape index (κ3) is 1.31. The van der Waals surface area contributed by atoms with Crippen LogP contribution in [0.1, 0.15) is 0 Å². The van der Waals surface area contributed by atoms with Crippen LogP contribution in [0.15, 0.2) is 35.1 Å². The summed E-state index contributed by atoms with van der Waals surface area (Å²) in [6, 6.07) is 7.36. The lowest BCUT2D eigenvalue weighted by Gasteiger charge is -1.93. The summed E-state index contributed by atoms with van der Waals surface area (Å²) in [4.78, 5) is 0. The van der Waals surface area contributed by atoms with Crippen molar-refractivity contribution in [2.24, 2.45) is 0 Å². The highest BCUT2D eigenvalue weighted by Crippen LogP contribution is 2.19. The molecule has 0 aliphatic rings. The fourth-order valence-corrected chi connectivity index (χ4v) is 1.13. The van der Waals surface area contributed by atoms with Gasteiger partial charge in [0.05, 0.1) is 6.20 Å². The van der Waals surface area contributed by atoms with Gasteiger partial charge in [0, 0.05) is 10.6 Å². The van der Waals surface area contributed by atoms with Gasteiger partial charge in [-0.3, -0.25) is 0 Å². The zero-order chi connectivity index (χ0) is 8.39. The first-order chi connectivity index (χ1) is 5.86. The normalized spacial score (nSPS) is 10.1. The van der Waals surface area contributed by atoms with Gasteiger partial charge >= 0.3 is 0 Å². The van der Waals surface area contributed by atoms with Gasteiger partial charge in [-0.05, 0) is 17.3 Å². The number of hydrogen-bond donors (Lipinski definition) is 0. The van der Waals surface area contributed by atoms with Crippen molar-refractivity contribution in [3.05, 3.63) is 35.5 Å². The van der Waals surface area contributed by atoms with Crippen LogP contribution in [0.25, 0.3) is 11.3 Å². The lowest BCUT2D eigenvalue weighted by Crippen LogP contribution is -1.75. The van der Waals surface area contributed by atoms with E-state index in [0.717, 1.165) is 5.56 Å². The van der Waals surface area contributed by atoms with Crippen LogP contribution in [0.5, 0.6) is 0 Å². The fraction of sp³-hybridized carbons (Fsp3) is 0. The Hall–Kier alpha value is -1.35. The Bertz CT molecular complexity index is 372. The topological polar surface area (TPSA) is 38.9 Å². The number of rotatable bonds is 1. The summed E-state index contributed by atoms with van der Waals surface area (Å²) in [6.07, 6.45) is 1.55. The largest absolute Gasteiger partial charge is 0.244 e. The average molecular weight is 181 g/mol. The number of nitrogens with zero attached hydrogens (tertiary/aromatic N) is 2. The monoisotopic (exact) mass is 180 g/mol. The second-order valence-electron chi connectivity index (χ2n) is 2.30. The maximum atomic E-state index is 5.78. The molecule has 1 heterocycles. The zero-order valence-electron chi connectivity index (χ0n) is 6.07. The molecule has 3 nitrogen and oxygen atoms in total. The first kappa shape index (κ1) is 7.31. The Morgan fingerprint density at radius 3 is 2.92 bits per heavy atom. The van der Waals surface area contributed by atoms with Gasteiger partial charge in [0.2, 0.25) is 0 Å². The van der Waals surface area contributed by atoms with Gasteiger partial charge in [-0.15, -0.1) is 0 Å². The van der Waals surface area contributed by atoms with Gasteiger partial charge in [-0.2, -0.15) is 0 Å². The SMILES string of the molecule is Clc1cccc(-c2cnon2)c1. The van der Waals surface area contributed by atoms with Crippen LogP contribution < -0.4 is 0 Å². The van der Waals surface area contributed by atoms with Crippen molar-refractivity contribution < 1.29 is 4.63 Å². The van der Waals surface area contributed by atoms with E-state index in [1.165, 1.54) is 0 Å². The standard InChI is InChI=1S/C8H5ClN2O/c9-7-3-1-2-6(4-7)8-5-10-12-11-8/h1-5H. The molecule has 0 N–H and O–H groups in total. The lowest BCUT2D eigenvalue weighted by atomic mass is 10.2. The predicted octanol–water partition coefficient (Wildman–Crippen LogP) is 2.39. The highest BCUT2D eigenvalue weighted by Gasteiger charge is 2.01. The predicted molar refractivity (Wildman–Crippen MR) is 44.7 cm³/mol. The number of hydrogen-bond acceptors (Lipinski definition) is 3. The van der Waals surface area contributed by atoms with Crippen molar-refractivity contribution in [1.82, 2.24) is 10.3 Å². The quantitative estimate of drug-likeness (QED) is 0.677. The second-order valence-corrected chi connectivity index (χ2v) is 2.74. The van der Waals surface area contributed by atoms with Crippen LogP contribution in [0, 0.1) is 0 Å². The molecule has 4 heteroatoms. The van der Waals surface area contributed by atoms with E-state index < -0.39 is 0 Å². The van der Waals surface area contributed by atoms with Gasteiger partial charge in [-0.25, -0.2) is 4.63 Å². The maximum absolute atomic E-state index is 5.78. The summed E-state index contributed by atoms with van der Waals surface area (Å²) in [6.45, 7) is 0. The molecule has 60 valence electrons. The molecule has 0 unspecified atom stereocenters. The third-order valence-corrected chi connectivity index (χ3v) is 1.72. The number of halogens is 1. The van der Waals surface area contributed by atoms with E-state index in [1.807, 2.05) is 12.1 Å². The molecule has 2 rings (SSSR count). The first-order valence-electron chi connectivity index (χ1n) is 3.40. The van der Waals surface area contributed by atoms with Crippen molar-refractivity contribution in [3.63, 3.8) is 0 Å². The minimum Gasteiger partial charge on any atom is -0.244 e. The molecule has 2 aromatic rings. The van der Waals surface area contributed by atoms with Crippen molar-refractivity contribution in [1.29, 1.82) is 0 Å². The molecule has 0 saturated carbocycles. The highest BCUT2D eigenvalue weighted by atomic mass is 35.5. The average Bonchev–Trinajstić information content (AvgIpc) is 2.56. The van der Waals surface area contributed by atoms with Crippen LogP contribution in [0.3, 0.4) is 0 Å². The summed E-state index contributed by atoms with van der Waals surface area (Å²) >= 11 is 5.78. The maximum Gasteiger partial charge on any atom is 0.135 e. The number of benzene rings is 1. The van der Waals surface area contributed by atoms with Gasteiger partial charge in [0.15, 0.2) is 0 Å². The fourth-order valence-electron chi connectivity index (χ4n) is 0.940. The summed E-state index contributed by atoms with van der Waals surface area (Å²) < 4.78 is 4.47. The van der Waals surface area contributed by atoms with E-state index in [-0.39, 0.29) is 0 Å². The number of aromatic nitrogens is 2. The summed E-state index contributed by atoms with van der Waals surface area (Å²) in [5, 5.41) is 7.86. The van der Waals surface area contributed by atoms with Crippen LogP contribution in [-0.2, 0) is 0 Å². The van der Waals surface area contributed by atoms with Crippen LogP contribution >= 0.6 is 11.6 Å². The Morgan fingerprint density at radius 1 is 1.33 bits per heavy atom. The van der Waals surface area contributed by atoms with E-state index >= 15 is 0 Å². The molecule has 0 bridgehead atoms. The van der Waals surface area contributed by atoms with E-state index in [0.29, 0.717) is 10.7 Å². The van der Waals surface area contributed by atoms with Crippen molar-refractivity contribution in [2.45, 2.75) is 0 Å². The minimum absolute atomic E-state index is 0.676. The third-order valence-electron chi connectivity index (χ3n) is 1.48. The van der Waals surface area contributed by atoms with Gasteiger partial charge < -0.3 is 0 Å². The van der Waals surface area contributed by atoms with E-state index in [4.69, 9.17) is 11.6 Å². The Morgan fingerprint density at radius 2 is 2.25 bits per heavy atom. The summed E-state index contributed by atoms with van der Waals surface area (Å²) in [7, 11) is 0. The smallest absolute Gasteiger partial charge is 0.135 e. The molecule has 0 spiro atoms. The van der Waals surface area contributed by atoms with E-state index in [9.17, 15) is 0 Å². The molecule has 0 amide bonds. The lowest BCUT2D eigenvalue weighted by molar-refractivity contribution is 0.308. The van der Waals surface area contributed by atoms with Crippen LogP contribution in [0.2, 0.25) is 5.02 Å². The molecule has 0 fully saturated rings. The van der Waals surface area contributed by atoms with Crippen molar-refractivity contribution in [2.75, 3.05) is 0 Å². The minimum atomic E-state index is 0.676. The summed E-state index contributed by atoms with van der Waals surface area (Å²) in [5.41, 5.74) is 1.60. The molecule has 0 radical (unpaired) electrons. The van der Waals surface area contributed by atoms with E-state index in [1.54, 1.807) is 18.3 Å². The Balaban J connectivity index is 2.48. The molecule has 0 aliphatic carbocycles. The molecule has 0 saturated heterocycles. The van der Waals surface area contributed by atoms with Gasteiger partial charge in [0.1, 0.15) is 5.69 Å². The van der Waals surface area contributed by atoms with Crippen LogP contribution in [-0.4, -0.2) is 10.3 Å². The molecule has 12 heavy (non-hydrogen) atoms. The van der Waals surface area contributed by atoms with Gasteiger partial charge in [0.25, 0.3) is 0 Å². The highest BCUT2D eigenvalue weighted by molar-refractivity contribution is 6.30. The molecular weight excluding hydrogens is 176 g/mol. The van der Waals surface area contributed by atoms with Crippen molar-refractivity contribution in [3.8, 4) is 11.3 Å². The molecule has 0 aliphatic heterocycles. The Labute approximate surface area is 73.9 Å². The van der Waals surface area contributed by atoms with Crippen LogP contribution in [0.4, 0.5) is 0 Å². The molecule has 1 aromatic carbocycles. The zero-order valence-corrected chi connectivity index (χ0v) is 6.82. The molecular formula is C8H5ClN2O. The second kappa shape index (κ2) is 2.95. The summed E-state index contributed by atoms with van der Waals surface area (Å²) in [5.74, 6) is 0. The first-order valence-corrected chi connectivity index (χ1v) is 3.77. The molecule has 1 aromatic heterocycles.